The first-order chi connectivity index (χ1) is 16.3. The quantitative estimate of drug-likeness (QED) is 0.434. The number of hydrogen-bond donors (Lipinski definition) is 1. The van der Waals surface area contributed by atoms with Gasteiger partial charge in [0.05, 0.1) is 17.1 Å². The number of halogens is 3. The molecule has 0 atom stereocenters. The number of carbonyl (C=O) groups excluding carboxylic acids is 2. The van der Waals surface area contributed by atoms with E-state index in [1.54, 1.807) is 30.3 Å². The molecule has 1 aliphatic rings. The fourth-order valence-electron chi connectivity index (χ4n) is 3.01. The van der Waals surface area contributed by atoms with Crippen LogP contribution in [0, 0.1) is 0 Å². The highest BCUT2D eigenvalue weighted by Gasteiger charge is 2.33. The number of carbonyl (C=O) groups is 2. The molecule has 1 aliphatic heterocycles. The largest absolute Gasteiger partial charge is 0.573 e. The van der Waals surface area contributed by atoms with Crippen LogP contribution in [0.5, 0.6) is 5.75 Å². The van der Waals surface area contributed by atoms with Crippen molar-refractivity contribution in [3.8, 4) is 5.75 Å². The Morgan fingerprint density at radius 2 is 1.82 bits per heavy atom. The van der Waals surface area contributed by atoms with Crippen LogP contribution in [-0.2, 0) is 9.59 Å². The Hall–Kier alpha value is -3.57. The Balaban J connectivity index is 1.51. The number of para-hydroxylation sites is 3. The SMILES string of the molecule is O=C(CSC1=N/C(=C/c2cccs2)C(=O)N1c1ccccc1)Nc1ccccc1OC(F)(F)F. The number of nitrogens with zero attached hydrogens (tertiary/aromatic N) is 2. The van der Waals surface area contributed by atoms with Gasteiger partial charge in [-0.3, -0.25) is 14.5 Å². The molecule has 4 rings (SSSR count). The summed E-state index contributed by atoms with van der Waals surface area (Å²) >= 11 is 2.45. The maximum absolute atomic E-state index is 13.1. The Labute approximate surface area is 200 Å². The average molecular weight is 504 g/mol. The predicted molar refractivity (Wildman–Crippen MR) is 128 cm³/mol. The number of thioether (sulfide) groups is 1. The van der Waals surface area contributed by atoms with E-state index < -0.39 is 18.0 Å². The van der Waals surface area contributed by atoms with Gasteiger partial charge in [-0.15, -0.1) is 24.5 Å². The van der Waals surface area contributed by atoms with Gasteiger partial charge in [0.1, 0.15) is 5.70 Å². The summed E-state index contributed by atoms with van der Waals surface area (Å²) in [5.74, 6) is -1.63. The highest BCUT2D eigenvalue weighted by molar-refractivity contribution is 8.14. The molecular weight excluding hydrogens is 487 g/mol. The molecular formula is C23H16F3N3O3S2. The normalized spacial score (nSPS) is 14.9. The fraction of sp³-hybridized carbons (Fsp3) is 0.0870. The van der Waals surface area contributed by atoms with Gasteiger partial charge in [0.2, 0.25) is 5.91 Å². The van der Waals surface area contributed by atoms with Crippen molar-refractivity contribution in [2.75, 3.05) is 16.0 Å². The second-order valence-electron chi connectivity index (χ2n) is 6.80. The van der Waals surface area contributed by atoms with E-state index in [9.17, 15) is 22.8 Å². The summed E-state index contributed by atoms with van der Waals surface area (Å²) < 4.78 is 41.8. The van der Waals surface area contributed by atoms with Gasteiger partial charge in [0.25, 0.3) is 5.91 Å². The van der Waals surface area contributed by atoms with Crippen molar-refractivity contribution in [1.82, 2.24) is 0 Å². The van der Waals surface area contributed by atoms with E-state index in [1.165, 1.54) is 34.4 Å². The Bertz CT molecular complexity index is 1240. The van der Waals surface area contributed by atoms with Crippen LogP contribution in [-0.4, -0.2) is 29.1 Å². The lowest BCUT2D eigenvalue weighted by molar-refractivity contribution is -0.274. The Morgan fingerprint density at radius 3 is 2.53 bits per heavy atom. The Morgan fingerprint density at radius 1 is 1.09 bits per heavy atom. The van der Waals surface area contributed by atoms with Crippen LogP contribution in [0.25, 0.3) is 6.08 Å². The van der Waals surface area contributed by atoms with Gasteiger partial charge < -0.3 is 10.1 Å². The number of alkyl halides is 3. The van der Waals surface area contributed by atoms with Gasteiger partial charge in [-0.05, 0) is 41.8 Å². The van der Waals surface area contributed by atoms with Gasteiger partial charge >= 0.3 is 6.36 Å². The zero-order valence-corrected chi connectivity index (χ0v) is 18.9. The maximum Gasteiger partial charge on any atom is 0.573 e. The average Bonchev–Trinajstić information content (AvgIpc) is 3.41. The molecule has 0 saturated carbocycles. The molecule has 0 radical (unpaired) electrons. The molecule has 1 N–H and O–H groups in total. The second kappa shape index (κ2) is 10.1. The third-order valence-corrected chi connectivity index (χ3v) is 6.14. The van der Waals surface area contributed by atoms with E-state index in [0.717, 1.165) is 22.7 Å². The van der Waals surface area contributed by atoms with Crippen LogP contribution in [0.15, 0.2) is 82.8 Å². The third-order valence-electron chi connectivity index (χ3n) is 4.39. The van der Waals surface area contributed by atoms with Gasteiger partial charge in [-0.25, -0.2) is 4.99 Å². The molecule has 0 aliphatic carbocycles. The number of hydrogen-bond acceptors (Lipinski definition) is 6. The van der Waals surface area contributed by atoms with Gasteiger partial charge in [-0.2, -0.15) is 0 Å². The number of rotatable bonds is 6. The van der Waals surface area contributed by atoms with Crippen molar-refractivity contribution >= 4 is 57.5 Å². The van der Waals surface area contributed by atoms with E-state index in [-0.39, 0.29) is 28.2 Å². The first-order valence-corrected chi connectivity index (χ1v) is 11.7. The number of anilines is 2. The lowest BCUT2D eigenvalue weighted by Gasteiger charge is -2.18. The molecule has 0 spiro atoms. The third kappa shape index (κ3) is 5.86. The van der Waals surface area contributed by atoms with E-state index >= 15 is 0 Å². The number of amides is 2. The zero-order chi connectivity index (χ0) is 24.1. The smallest absolute Gasteiger partial charge is 0.404 e. The van der Waals surface area contributed by atoms with Crippen molar-refractivity contribution in [3.63, 3.8) is 0 Å². The molecule has 2 amide bonds. The molecule has 0 unspecified atom stereocenters. The number of benzene rings is 2. The number of ether oxygens (including phenoxy) is 1. The number of nitrogens with one attached hydrogen (secondary N) is 1. The summed E-state index contributed by atoms with van der Waals surface area (Å²) in [7, 11) is 0. The Kier molecular flexibility index (Phi) is 7.03. The minimum Gasteiger partial charge on any atom is -0.404 e. The van der Waals surface area contributed by atoms with Gasteiger partial charge in [0.15, 0.2) is 10.9 Å². The topological polar surface area (TPSA) is 71.0 Å². The van der Waals surface area contributed by atoms with Gasteiger partial charge in [0, 0.05) is 4.88 Å². The minimum atomic E-state index is -4.89. The number of amidine groups is 1. The van der Waals surface area contributed by atoms with Crippen LogP contribution >= 0.6 is 23.1 Å². The predicted octanol–water partition coefficient (Wildman–Crippen LogP) is 5.76. The molecule has 174 valence electrons. The van der Waals surface area contributed by atoms with Crippen LogP contribution in [0.2, 0.25) is 0 Å². The molecule has 1 aromatic heterocycles. The summed E-state index contributed by atoms with van der Waals surface area (Å²) in [5.41, 5.74) is 0.684. The molecule has 3 aromatic rings. The summed E-state index contributed by atoms with van der Waals surface area (Å²) in [4.78, 5) is 32.2. The van der Waals surface area contributed by atoms with E-state index in [2.05, 4.69) is 15.0 Å². The summed E-state index contributed by atoms with van der Waals surface area (Å²) in [6, 6.07) is 17.8. The lowest BCUT2D eigenvalue weighted by Crippen LogP contribution is -2.31. The minimum absolute atomic E-state index is 0.118. The number of thiophene rings is 1. The zero-order valence-electron chi connectivity index (χ0n) is 17.3. The van der Waals surface area contributed by atoms with Crippen molar-refractivity contribution in [2.24, 2.45) is 4.99 Å². The highest BCUT2D eigenvalue weighted by Crippen LogP contribution is 2.32. The first-order valence-electron chi connectivity index (χ1n) is 9.81. The molecule has 6 nitrogen and oxygen atoms in total. The monoisotopic (exact) mass is 503 g/mol. The van der Waals surface area contributed by atoms with Crippen molar-refractivity contribution in [1.29, 1.82) is 0 Å². The van der Waals surface area contributed by atoms with Crippen LogP contribution < -0.4 is 15.0 Å². The van der Waals surface area contributed by atoms with E-state index in [0.29, 0.717) is 5.69 Å². The van der Waals surface area contributed by atoms with E-state index in [4.69, 9.17) is 0 Å². The molecule has 2 heterocycles. The van der Waals surface area contributed by atoms with Crippen LogP contribution in [0.3, 0.4) is 0 Å². The molecule has 0 bridgehead atoms. The lowest BCUT2D eigenvalue weighted by atomic mass is 10.3. The van der Waals surface area contributed by atoms with Crippen molar-refractivity contribution < 1.29 is 27.5 Å². The number of aliphatic imine (C=N–C) groups is 1. The standard InChI is InChI=1S/C23H16F3N3O3S2/c24-23(25,26)32-19-11-5-4-10-17(19)27-20(30)14-34-22-28-18(13-16-9-6-12-33-16)21(31)29(22)15-7-2-1-3-8-15/h1-13H,14H2,(H,27,30)/b18-13+. The molecule has 34 heavy (non-hydrogen) atoms. The van der Waals surface area contributed by atoms with Crippen molar-refractivity contribution in [3.05, 3.63) is 82.7 Å². The molecule has 2 aromatic carbocycles. The highest BCUT2D eigenvalue weighted by atomic mass is 32.2. The summed E-state index contributed by atoms with van der Waals surface area (Å²) in [5, 5.41) is 4.58. The van der Waals surface area contributed by atoms with Crippen LogP contribution in [0.4, 0.5) is 24.5 Å². The van der Waals surface area contributed by atoms with Crippen LogP contribution in [0.1, 0.15) is 4.88 Å². The maximum atomic E-state index is 13.1. The van der Waals surface area contributed by atoms with Gasteiger partial charge in [-0.1, -0.05) is 48.2 Å². The first kappa shape index (κ1) is 23.6. The van der Waals surface area contributed by atoms with Crippen molar-refractivity contribution in [2.45, 2.75) is 6.36 Å². The molecule has 0 fully saturated rings. The second-order valence-corrected chi connectivity index (χ2v) is 8.72. The summed E-state index contributed by atoms with van der Waals surface area (Å²) in [6.45, 7) is 0. The summed E-state index contributed by atoms with van der Waals surface area (Å²) in [6.07, 6.45) is -3.22. The van der Waals surface area contributed by atoms with E-state index in [1.807, 2.05) is 23.6 Å². The molecule has 0 saturated heterocycles. The fourth-order valence-corrected chi connectivity index (χ4v) is 4.47. The molecule has 11 heteroatoms.